The van der Waals surface area contributed by atoms with Gasteiger partial charge in [-0.15, -0.1) is 0 Å². The first-order valence-electron chi connectivity index (χ1n) is 5.93. The minimum atomic E-state index is -0.0977. The second kappa shape index (κ2) is 7.36. The number of benzene rings is 1. The average Bonchev–Trinajstić information content (AvgIpc) is 2.31. The molecule has 0 heterocycles. The zero-order valence-electron chi connectivity index (χ0n) is 10.7. The molecule has 0 spiro atoms. The van der Waals surface area contributed by atoms with Gasteiger partial charge in [0.05, 0.1) is 13.2 Å². The Balaban J connectivity index is 2.52. The molecule has 2 N–H and O–H groups in total. The molecular formula is C13H19ClN2O2. The van der Waals surface area contributed by atoms with Crippen molar-refractivity contribution in [1.29, 1.82) is 0 Å². The quantitative estimate of drug-likeness (QED) is 0.831. The van der Waals surface area contributed by atoms with Crippen LogP contribution in [0, 0.1) is 0 Å². The van der Waals surface area contributed by atoms with Crippen molar-refractivity contribution in [2.75, 3.05) is 25.0 Å². The molecule has 5 heteroatoms. The van der Waals surface area contributed by atoms with Gasteiger partial charge in [0.2, 0.25) is 5.91 Å². The van der Waals surface area contributed by atoms with E-state index in [4.69, 9.17) is 16.7 Å². The number of carbonyl (C=O) groups excluding carboxylic acids is 1. The zero-order chi connectivity index (χ0) is 13.5. The lowest BCUT2D eigenvalue weighted by atomic mass is 10.3. The van der Waals surface area contributed by atoms with Crippen LogP contribution in [0.15, 0.2) is 24.3 Å². The van der Waals surface area contributed by atoms with E-state index in [-0.39, 0.29) is 25.1 Å². The van der Waals surface area contributed by atoms with E-state index in [1.165, 1.54) is 0 Å². The monoisotopic (exact) mass is 270 g/mol. The van der Waals surface area contributed by atoms with Gasteiger partial charge in [-0.05, 0) is 38.1 Å². The molecule has 0 aliphatic heterocycles. The Kier molecular flexibility index (Phi) is 6.12. The molecular weight excluding hydrogens is 252 g/mol. The molecule has 0 saturated heterocycles. The van der Waals surface area contributed by atoms with E-state index in [0.717, 1.165) is 5.69 Å². The highest BCUT2D eigenvalue weighted by Crippen LogP contribution is 2.13. The van der Waals surface area contributed by atoms with E-state index in [2.05, 4.69) is 5.32 Å². The van der Waals surface area contributed by atoms with E-state index < -0.39 is 0 Å². The van der Waals surface area contributed by atoms with Gasteiger partial charge in [-0.3, -0.25) is 9.69 Å². The van der Waals surface area contributed by atoms with Gasteiger partial charge in [0.25, 0.3) is 0 Å². The number of rotatable bonds is 6. The Morgan fingerprint density at radius 2 is 2.00 bits per heavy atom. The normalized spacial score (nSPS) is 11.0. The number of nitrogens with one attached hydrogen (secondary N) is 1. The number of aliphatic hydroxyl groups is 1. The number of hydrogen-bond acceptors (Lipinski definition) is 3. The molecule has 100 valence electrons. The van der Waals surface area contributed by atoms with E-state index >= 15 is 0 Å². The topological polar surface area (TPSA) is 52.6 Å². The highest BCUT2D eigenvalue weighted by atomic mass is 35.5. The molecule has 18 heavy (non-hydrogen) atoms. The summed E-state index contributed by atoms with van der Waals surface area (Å²) in [4.78, 5) is 13.7. The SMILES string of the molecule is CC(C)N(CCO)CC(=O)Nc1ccc(Cl)cc1. The minimum Gasteiger partial charge on any atom is -0.395 e. The molecule has 0 saturated carbocycles. The molecule has 0 atom stereocenters. The van der Waals surface area contributed by atoms with Crippen molar-refractivity contribution in [3.8, 4) is 0 Å². The van der Waals surface area contributed by atoms with Crippen LogP contribution in [-0.2, 0) is 4.79 Å². The van der Waals surface area contributed by atoms with Gasteiger partial charge in [0, 0.05) is 23.3 Å². The number of nitrogens with zero attached hydrogens (tertiary/aromatic N) is 1. The predicted molar refractivity (Wildman–Crippen MR) is 73.9 cm³/mol. The first-order chi connectivity index (χ1) is 8.52. The maximum absolute atomic E-state index is 11.8. The molecule has 1 rings (SSSR count). The van der Waals surface area contributed by atoms with E-state index in [0.29, 0.717) is 11.6 Å². The standard InChI is InChI=1S/C13H19ClN2O2/c1-10(2)16(7-8-17)9-13(18)15-12-5-3-11(14)4-6-12/h3-6,10,17H,7-9H2,1-2H3,(H,15,18). The molecule has 0 fully saturated rings. The van der Waals surface area contributed by atoms with Crippen LogP contribution in [0.25, 0.3) is 0 Å². The van der Waals surface area contributed by atoms with Crippen molar-refractivity contribution in [1.82, 2.24) is 4.90 Å². The van der Waals surface area contributed by atoms with E-state index in [9.17, 15) is 4.79 Å². The first kappa shape index (κ1) is 15.0. The first-order valence-corrected chi connectivity index (χ1v) is 6.31. The van der Waals surface area contributed by atoms with E-state index in [1.54, 1.807) is 24.3 Å². The fourth-order valence-corrected chi connectivity index (χ4v) is 1.69. The van der Waals surface area contributed by atoms with Gasteiger partial charge in [-0.1, -0.05) is 11.6 Å². The van der Waals surface area contributed by atoms with Gasteiger partial charge >= 0.3 is 0 Å². The molecule has 0 unspecified atom stereocenters. The third kappa shape index (κ3) is 5.04. The number of aliphatic hydroxyl groups excluding tert-OH is 1. The molecule has 0 bridgehead atoms. The second-order valence-electron chi connectivity index (χ2n) is 4.34. The van der Waals surface area contributed by atoms with Gasteiger partial charge in [-0.2, -0.15) is 0 Å². The summed E-state index contributed by atoms with van der Waals surface area (Å²) in [5, 5.41) is 12.4. The fraction of sp³-hybridized carbons (Fsp3) is 0.462. The van der Waals surface area contributed by atoms with Crippen LogP contribution < -0.4 is 5.32 Å². The van der Waals surface area contributed by atoms with E-state index in [1.807, 2.05) is 18.7 Å². The summed E-state index contributed by atoms with van der Waals surface area (Å²) in [6, 6.07) is 7.18. The third-order valence-electron chi connectivity index (χ3n) is 2.59. The van der Waals surface area contributed by atoms with Crippen molar-refractivity contribution >= 4 is 23.2 Å². The molecule has 0 aliphatic carbocycles. The van der Waals surface area contributed by atoms with Crippen LogP contribution in [0.5, 0.6) is 0 Å². The Labute approximate surface area is 113 Å². The lowest BCUT2D eigenvalue weighted by Crippen LogP contribution is -2.39. The molecule has 1 amide bonds. The Morgan fingerprint density at radius 1 is 1.39 bits per heavy atom. The van der Waals surface area contributed by atoms with Crippen molar-refractivity contribution in [3.05, 3.63) is 29.3 Å². The van der Waals surface area contributed by atoms with Crippen LogP contribution in [0.1, 0.15) is 13.8 Å². The van der Waals surface area contributed by atoms with Crippen molar-refractivity contribution < 1.29 is 9.90 Å². The number of halogens is 1. The Hall–Kier alpha value is -1.10. The largest absolute Gasteiger partial charge is 0.395 e. The Bertz CT molecular complexity index is 379. The lowest BCUT2D eigenvalue weighted by molar-refractivity contribution is -0.117. The highest BCUT2D eigenvalue weighted by molar-refractivity contribution is 6.30. The smallest absolute Gasteiger partial charge is 0.238 e. The molecule has 0 aliphatic rings. The summed E-state index contributed by atoms with van der Waals surface area (Å²) in [6.07, 6.45) is 0. The summed E-state index contributed by atoms with van der Waals surface area (Å²) in [5.74, 6) is -0.0977. The number of hydrogen-bond donors (Lipinski definition) is 2. The van der Waals surface area contributed by atoms with Crippen molar-refractivity contribution in [2.45, 2.75) is 19.9 Å². The Morgan fingerprint density at radius 3 is 2.50 bits per heavy atom. The van der Waals surface area contributed by atoms with Gasteiger partial charge in [-0.25, -0.2) is 0 Å². The summed E-state index contributed by atoms with van der Waals surface area (Å²) in [5.41, 5.74) is 0.720. The highest BCUT2D eigenvalue weighted by Gasteiger charge is 2.13. The molecule has 0 radical (unpaired) electrons. The number of carbonyl (C=O) groups is 1. The second-order valence-corrected chi connectivity index (χ2v) is 4.78. The van der Waals surface area contributed by atoms with Gasteiger partial charge in [0.1, 0.15) is 0 Å². The average molecular weight is 271 g/mol. The van der Waals surface area contributed by atoms with Crippen LogP contribution in [-0.4, -0.2) is 41.7 Å². The summed E-state index contributed by atoms with van der Waals surface area (Å²) >= 11 is 5.77. The molecule has 1 aromatic rings. The van der Waals surface area contributed by atoms with Crippen molar-refractivity contribution in [3.63, 3.8) is 0 Å². The predicted octanol–water partition coefficient (Wildman–Crippen LogP) is 1.98. The van der Waals surface area contributed by atoms with Crippen molar-refractivity contribution in [2.24, 2.45) is 0 Å². The lowest BCUT2D eigenvalue weighted by Gasteiger charge is -2.24. The summed E-state index contributed by atoms with van der Waals surface area (Å²) in [6.45, 7) is 4.79. The van der Waals surface area contributed by atoms with Crippen LogP contribution in [0.3, 0.4) is 0 Å². The molecule has 1 aromatic carbocycles. The fourth-order valence-electron chi connectivity index (χ4n) is 1.57. The van der Waals surface area contributed by atoms with Crippen LogP contribution in [0.4, 0.5) is 5.69 Å². The zero-order valence-corrected chi connectivity index (χ0v) is 11.4. The van der Waals surface area contributed by atoms with Gasteiger partial charge < -0.3 is 10.4 Å². The maximum atomic E-state index is 11.8. The minimum absolute atomic E-state index is 0.0480. The van der Waals surface area contributed by atoms with Crippen LogP contribution in [0.2, 0.25) is 5.02 Å². The van der Waals surface area contributed by atoms with Gasteiger partial charge in [0.15, 0.2) is 0 Å². The number of amides is 1. The van der Waals surface area contributed by atoms with Crippen LogP contribution >= 0.6 is 11.6 Å². The number of anilines is 1. The molecule has 0 aromatic heterocycles. The summed E-state index contributed by atoms with van der Waals surface area (Å²) in [7, 11) is 0. The molecule has 4 nitrogen and oxygen atoms in total. The summed E-state index contributed by atoms with van der Waals surface area (Å²) < 4.78 is 0. The third-order valence-corrected chi connectivity index (χ3v) is 2.84. The maximum Gasteiger partial charge on any atom is 0.238 e.